The van der Waals surface area contributed by atoms with E-state index >= 15 is 0 Å². The van der Waals surface area contributed by atoms with E-state index < -0.39 is 48.3 Å². The molecule has 0 saturated carbocycles. The van der Waals surface area contributed by atoms with Crippen LogP contribution in [-0.2, 0) is 4.74 Å². The lowest BCUT2D eigenvalue weighted by molar-refractivity contribution is -0.277. The Bertz CT molecular complexity index is 781. The predicted molar refractivity (Wildman–Crippen MR) is 107 cm³/mol. The van der Waals surface area contributed by atoms with Crippen molar-refractivity contribution < 1.29 is 35.0 Å². The maximum atomic E-state index is 12.7. The molecule has 1 aliphatic rings. The minimum atomic E-state index is -1.61. The van der Waals surface area contributed by atoms with Crippen molar-refractivity contribution >= 4 is 6.08 Å². The molecule has 0 radical (unpaired) electrons. The summed E-state index contributed by atoms with van der Waals surface area (Å²) >= 11 is 0. The van der Waals surface area contributed by atoms with E-state index in [0.29, 0.717) is 5.56 Å². The van der Waals surface area contributed by atoms with Gasteiger partial charge in [-0.15, -0.1) is 0 Å². The van der Waals surface area contributed by atoms with E-state index in [9.17, 15) is 30.3 Å². The zero-order chi connectivity index (χ0) is 21.9. The van der Waals surface area contributed by atoms with E-state index in [0.717, 1.165) is 5.56 Å². The summed E-state index contributed by atoms with van der Waals surface area (Å²) in [5, 5.41) is 49.1. The standard InChI is InChI=1S/C21H30O8/c1-11(2)13-9-14(23)15(6-5-12(13)7-8-21(3,4)27)28-20-19(26)18(25)17(24)16(10-22)29-20/h5-9,11,16-20,22,24-27H,10H2,1-4H3/t16-,17-,18+,19-,20-/m0/s1. The Morgan fingerprint density at radius 1 is 1.17 bits per heavy atom. The highest BCUT2D eigenvalue weighted by molar-refractivity contribution is 5.56. The number of aliphatic hydroxyl groups excluding tert-OH is 4. The van der Waals surface area contributed by atoms with Gasteiger partial charge in [-0.25, -0.2) is 0 Å². The number of rotatable bonds is 6. The van der Waals surface area contributed by atoms with Gasteiger partial charge in [-0.3, -0.25) is 4.79 Å². The maximum absolute atomic E-state index is 12.7. The van der Waals surface area contributed by atoms with Crippen molar-refractivity contribution in [2.24, 2.45) is 0 Å². The molecule has 5 N–H and O–H groups in total. The van der Waals surface area contributed by atoms with Gasteiger partial charge in [0.05, 0.1) is 12.2 Å². The lowest BCUT2D eigenvalue weighted by Gasteiger charge is -2.39. The zero-order valence-electron chi connectivity index (χ0n) is 17.0. The van der Waals surface area contributed by atoms with Crippen molar-refractivity contribution in [2.75, 3.05) is 6.61 Å². The van der Waals surface area contributed by atoms with E-state index in [-0.39, 0.29) is 11.7 Å². The molecule has 0 unspecified atom stereocenters. The molecule has 1 fully saturated rings. The van der Waals surface area contributed by atoms with Gasteiger partial charge < -0.3 is 35.0 Å². The largest absolute Gasteiger partial charge is 0.458 e. The molecule has 1 aromatic carbocycles. The summed E-state index contributed by atoms with van der Waals surface area (Å²) in [6, 6.07) is 4.48. The van der Waals surface area contributed by atoms with Gasteiger partial charge in [0.2, 0.25) is 11.7 Å². The zero-order valence-corrected chi connectivity index (χ0v) is 17.0. The molecular formula is C21H30O8. The highest BCUT2D eigenvalue weighted by Gasteiger charge is 2.44. The van der Waals surface area contributed by atoms with E-state index in [1.807, 2.05) is 13.8 Å². The molecule has 0 amide bonds. The maximum Gasteiger partial charge on any atom is 0.229 e. The first-order valence-electron chi connectivity index (χ1n) is 9.51. The SMILES string of the molecule is CC(C)c1cc(=O)c(O[C@H]2O[C@@H](CO)[C@H](O)[C@@H](O)[C@@H]2O)ccc1C=CC(C)(C)O. The third-order valence-electron chi connectivity index (χ3n) is 4.66. The Morgan fingerprint density at radius 2 is 1.83 bits per heavy atom. The van der Waals surface area contributed by atoms with Crippen molar-refractivity contribution in [1.29, 1.82) is 0 Å². The minimum Gasteiger partial charge on any atom is -0.458 e. The lowest BCUT2D eigenvalue weighted by atomic mass is 9.98. The number of hydrogen-bond donors (Lipinski definition) is 5. The second-order valence-electron chi connectivity index (χ2n) is 8.07. The fourth-order valence-electron chi connectivity index (χ4n) is 2.97. The van der Waals surface area contributed by atoms with Crippen LogP contribution >= 0.6 is 0 Å². The second kappa shape index (κ2) is 9.34. The average Bonchev–Trinajstić information content (AvgIpc) is 2.79. The third-order valence-corrected chi connectivity index (χ3v) is 4.66. The predicted octanol–water partition coefficient (Wildman–Crippen LogP) is 0.133. The molecule has 0 bridgehead atoms. The van der Waals surface area contributed by atoms with Crippen molar-refractivity contribution in [2.45, 2.75) is 69.9 Å². The van der Waals surface area contributed by atoms with Gasteiger partial charge in [0.1, 0.15) is 24.4 Å². The van der Waals surface area contributed by atoms with Gasteiger partial charge in [-0.05, 0) is 43.0 Å². The van der Waals surface area contributed by atoms with Crippen LogP contribution in [0.1, 0.15) is 44.7 Å². The third kappa shape index (κ3) is 5.85. The van der Waals surface area contributed by atoms with Crippen LogP contribution in [0.15, 0.2) is 29.1 Å². The van der Waals surface area contributed by atoms with E-state index in [2.05, 4.69) is 0 Å². The summed E-state index contributed by atoms with van der Waals surface area (Å²) < 4.78 is 10.8. The van der Waals surface area contributed by atoms with Gasteiger partial charge in [0.25, 0.3) is 0 Å². The van der Waals surface area contributed by atoms with Crippen LogP contribution in [0.4, 0.5) is 0 Å². The van der Waals surface area contributed by atoms with Crippen LogP contribution in [0, 0.1) is 0 Å². The van der Waals surface area contributed by atoms with Crippen molar-refractivity contribution in [3.8, 4) is 5.75 Å². The summed E-state index contributed by atoms with van der Waals surface area (Å²) in [7, 11) is 0. The minimum absolute atomic E-state index is 0.0108. The topological polar surface area (TPSA) is 137 Å². The molecule has 8 heteroatoms. The molecular weight excluding hydrogens is 380 g/mol. The molecule has 2 rings (SSSR count). The van der Waals surface area contributed by atoms with E-state index in [1.165, 1.54) is 12.1 Å². The highest BCUT2D eigenvalue weighted by atomic mass is 16.7. The monoisotopic (exact) mass is 410 g/mol. The van der Waals surface area contributed by atoms with Crippen LogP contribution in [0.2, 0.25) is 0 Å². The van der Waals surface area contributed by atoms with Crippen LogP contribution in [0.5, 0.6) is 5.75 Å². The molecule has 1 saturated heterocycles. The number of ether oxygens (including phenoxy) is 2. The average molecular weight is 410 g/mol. The summed E-state index contributed by atoms with van der Waals surface area (Å²) in [5.74, 6) is -0.115. The van der Waals surface area contributed by atoms with E-state index in [1.54, 1.807) is 32.1 Å². The van der Waals surface area contributed by atoms with Gasteiger partial charge >= 0.3 is 0 Å². The molecule has 1 aliphatic heterocycles. The first kappa shape index (κ1) is 23.5. The molecule has 5 atom stereocenters. The normalized spacial score (nSPS) is 28.1. The molecule has 0 spiro atoms. The molecule has 0 aliphatic carbocycles. The summed E-state index contributed by atoms with van der Waals surface area (Å²) in [6.45, 7) is 6.52. The summed E-state index contributed by atoms with van der Waals surface area (Å²) in [5.41, 5.74) is -0.0471. The van der Waals surface area contributed by atoms with Gasteiger partial charge in [0, 0.05) is 0 Å². The first-order valence-corrected chi connectivity index (χ1v) is 9.51. The van der Waals surface area contributed by atoms with E-state index in [4.69, 9.17) is 9.47 Å². The number of hydrogen-bond acceptors (Lipinski definition) is 8. The quantitative estimate of drug-likeness (QED) is 0.446. The van der Waals surface area contributed by atoms with Gasteiger partial charge in [-0.1, -0.05) is 32.1 Å². The Morgan fingerprint density at radius 3 is 2.38 bits per heavy atom. The highest BCUT2D eigenvalue weighted by Crippen LogP contribution is 2.25. The lowest BCUT2D eigenvalue weighted by Crippen LogP contribution is -2.60. The van der Waals surface area contributed by atoms with Gasteiger partial charge in [-0.2, -0.15) is 0 Å². The van der Waals surface area contributed by atoms with Crippen molar-refractivity contribution in [1.82, 2.24) is 0 Å². The van der Waals surface area contributed by atoms with Crippen LogP contribution in [0.3, 0.4) is 0 Å². The fourth-order valence-corrected chi connectivity index (χ4v) is 2.97. The molecule has 1 aromatic rings. The number of aliphatic hydroxyl groups is 5. The van der Waals surface area contributed by atoms with Crippen LogP contribution in [-0.4, -0.2) is 68.4 Å². The molecule has 8 nitrogen and oxygen atoms in total. The summed E-state index contributed by atoms with van der Waals surface area (Å²) in [6.07, 6.45) is -3.99. The Balaban J connectivity index is 2.40. The van der Waals surface area contributed by atoms with Crippen molar-refractivity contribution in [3.63, 3.8) is 0 Å². The Kier molecular flexibility index (Phi) is 7.56. The Labute approximate surface area is 169 Å². The molecule has 29 heavy (non-hydrogen) atoms. The van der Waals surface area contributed by atoms with Crippen LogP contribution < -0.4 is 10.2 Å². The summed E-state index contributed by atoms with van der Waals surface area (Å²) in [4.78, 5) is 12.7. The van der Waals surface area contributed by atoms with Gasteiger partial charge in [0.15, 0.2) is 5.75 Å². The fraction of sp³-hybridized carbons (Fsp3) is 0.571. The van der Waals surface area contributed by atoms with Crippen molar-refractivity contribution in [3.05, 3.63) is 45.6 Å². The second-order valence-corrected chi connectivity index (χ2v) is 8.07. The molecule has 0 aromatic heterocycles. The Hall–Kier alpha value is -1.81. The molecule has 1 heterocycles. The van der Waals surface area contributed by atoms with Crippen LogP contribution in [0.25, 0.3) is 6.08 Å². The smallest absolute Gasteiger partial charge is 0.229 e. The first-order chi connectivity index (χ1) is 13.4. The molecule has 162 valence electrons.